The summed E-state index contributed by atoms with van der Waals surface area (Å²) in [7, 11) is 7.43. The molecule has 6 nitrogen and oxygen atoms in total. The maximum Gasteiger partial charge on any atom is 0.274 e. The molecule has 1 aromatic heterocycles. The fourth-order valence-electron chi connectivity index (χ4n) is 3.05. The first-order valence-electron chi connectivity index (χ1n) is 8.51. The van der Waals surface area contributed by atoms with Gasteiger partial charge in [-0.25, -0.2) is 4.68 Å². The van der Waals surface area contributed by atoms with Crippen LogP contribution in [0.25, 0.3) is 10.8 Å². The summed E-state index contributed by atoms with van der Waals surface area (Å²) in [6.45, 7) is 0.661. The maximum absolute atomic E-state index is 12.3. The van der Waals surface area contributed by atoms with Gasteiger partial charge in [-0.1, -0.05) is 30.3 Å². The lowest BCUT2D eigenvalue weighted by atomic mass is 10.1. The highest BCUT2D eigenvalue weighted by atomic mass is 16.5. The highest BCUT2D eigenvalue weighted by Gasteiger charge is 2.16. The Bertz CT molecular complexity index is 948. The van der Waals surface area contributed by atoms with Crippen molar-refractivity contribution in [1.29, 1.82) is 0 Å². The molecule has 0 aliphatic heterocycles. The Morgan fingerprint density at radius 1 is 1.12 bits per heavy atom. The molecule has 0 bridgehead atoms. The van der Waals surface area contributed by atoms with Crippen molar-refractivity contribution in [3.8, 4) is 5.75 Å². The molecule has 6 heteroatoms. The van der Waals surface area contributed by atoms with Crippen LogP contribution in [0.1, 0.15) is 11.6 Å². The zero-order chi connectivity index (χ0) is 18.7. The molecule has 1 heterocycles. The number of benzene rings is 2. The van der Waals surface area contributed by atoms with Gasteiger partial charge in [0.05, 0.1) is 18.5 Å². The minimum Gasteiger partial charge on any atom is -0.497 e. The second-order valence-electron chi connectivity index (χ2n) is 6.46. The normalized spacial score (nSPS) is 12.3. The molecule has 0 fully saturated rings. The van der Waals surface area contributed by atoms with Gasteiger partial charge in [-0.05, 0) is 37.9 Å². The van der Waals surface area contributed by atoms with E-state index in [9.17, 15) is 4.79 Å². The van der Waals surface area contributed by atoms with Crippen molar-refractivity contribution in [3.63, 3.8) is 0 Å². The van der Waals surface area contributed by atoms with Crippen LogP contribution in [0.4, 0.5) is 5.82 Å². The van der Waals surface area contributed by atoms with E-state index in [1.54, 1.807) is 14.2 Å². The predicted octanol–water partition coefficient (Wildman–Crippen LogP) is 2.66. The Hall–Kier alpha value is -2.86. The molecule has 0 saturated heterocycles. The predicted molar refractivity (Wildman–Crippen MR) is 105 cm³/mol. The fourth-order valence-corrected chi connectivity index (χ4v) is 3.05. The lowest BCUT2D eigenvalue weighted by Crippen LogP contribution is -2.28. The molecule has 0 aliphatic rings. The van der Waals surface area contributed by atoms with Crippen molar-refractivity contribution in [1.82, 2.24) is 14.7 Å². The largest absolute Gasteiger partial charge is 0.497 e. The number of hydrogen-bond acceptors (Lipinski definition) is 5. The van der Waals surface area contributed by atoms with E-state index < -0.39 is 0 Å². The van der Waals surface area contributed by atoms with Gasteiger partial charge >= 0.3 is 0 Å². The van der Waals surface area contributed by atoms with E-state index in [-0.39, 0.29) is 11.6 Å². The van der Waals surface area contributed by atoms with Crippen LogP contribution < -0.4 is 15.6 Å². The molecular formula is C20H24N4O2. The first-order valence-corrected chi connectivity index (χ1v) is 8.51. The van der Waals surface area contributed by atoms with Crippen molar-refractivity contribution in [2.24, 2.45) is 7.05 Å². The average Bonchev–Trinajstić information content (AvgIpc) is 2.66. The summed E-state index contributed by atoms with van der Waals surface area (Å²) in [6.07, 6.45) is 0. The zero-order valence-electron chi connectivity index (χ0n) is 15.6. The second kappa shape index (κ2) is 7.58. The van der Waals surface area contributed by atoms with Crippen LogP contribution in [0.3, 0.4) is 0 Å². The van der Waals surface area contributed by atoms with E-state index in [2.05, 4.69) is 27.4 Å². The second-order valence-corrected chi connectivity index (χ2v) is 6.46. The fraction of sp³-hybridized carbons (Fsp3) is 0.300. The molecule has 0 amide bonds. The highest BCUT2D eigenvalue weighted by Crippen LogP contribution is 2.23. The third-order valence-electron chi connectivity index (χ3n) is 4.54. The molecule has 26 heavy (non-hydrogen) atoms. The molecule has 1 unspecified atom stereocenters. The molecule has 0 aliphatic carbocycles. The van der Waals surface area contributed by atoms with Crippen molar-refractivity contribution < 1.29 is 4.74 Å². The average molecular weight is 352 g/mol. The Kier molecular flexibility index (Phi) is 5.23. The highest BCUT2D eigenvalue weighted by molar-refractivity contribution is 5.90. The van der Waals surface area contributed by atoms with E-state index in [1.807, 2.05) is 50.5 Å². The number of ether oxygens (including phenoxy) is 1. The Balaban J connectivity index is 1.89. The van der Waals surface area contributed by atoms with Gasteiger partial charge in [0.15, 0.2) is 5.82 Å². The number of anilines is 1. The van der Waals surface area contributed by atoms with E-state index >= 15 is 0 Å². The topological polar surface area (TPSA) is 59.4 Å². The summed E-state index contributed by atoms with van der Waals surface area (Å²) in [4.78, 5) is 14.4. The number of aromatic nitrogens is 2. The van der Waals surface area contributed by atoms with E-state index in [1.165, 1.54) is 10.2 Å². The van der Waals surface area contributed by atoms with Gasteiger partial charge in [-0.15, -0.1) is 0 Å². The lowest BCUT2D eigenvalue weighted by molar-refractivity contribution is 0.311. The van der Waals surface area contributed by atoms with Crippen LogP contribution in [0.15, 0.2) is 53.3 Å². The first-order chi connectivity index (χ1) is 12.5. The molecule has 1 atom stereocenters. The molecular weight excluding hydrogens is 328 g/mol. The van der Waals surface area contributed by atoms with Crippen LogP contribution >= 0.6 is 0 Å². The van der Waals surface area contributed by atoms with Gasteiger partial charge in [-0.2, -0.15) is 5.10 Å². The van der Waals surface area contributed by atoms with E-state index in [0.717, 1.165) is 11.1 Å². The van der Waals surface area contributed by atoms with Crippen molar-refractivity contribution in [2.45, 2.75) is 6.04 Å². The minimum atomic E-state index is -0.0922. The minimum absolute atomic E-state index is 0.0922. The standard InChI is InChI=1S/C20H24N4O2/c1-23(2)18(14-9-11-15(26-4)12-10-14)13-21-19-16-7-5-6-8-17(16)20(25)24(3)22-19/h5-12,18H,13H2,1-4H3,(H,21,22). The monoisotopic (exact) mass is 352 g/mol. The smallest absolute Gasteiger partial charge is 0.274 e. The summed E-state index contributed by atoms with van der Waals surface area (Å²) >= 11 is 0. The molecule has 0 radical (unpaired) electrons. The summed E-state index contributed by atoms with van der Waals surface area (Å²) in [5.41, 5.74) is 1.09. The van der Waals surface area contributed by atoms with Crippen LogP contribution in [0.2, 0.25) is 0 Å². The summed E-state index contributed by atoms with van der Waals surface area (Å²) in [5, 5.41) is 9.33. The molecule has 2 aromatic carbocycles. The number of rotatable bonds is 6. The van der Waals surface area contributed by atoms with Gasteiger partial charge in [0.1, 0.15) is 5.75 Å². The van der Waals surface area contributed by atoms with Crippen LogP contribution in [0, 0.1) is 0 Å². The lowest BCUT2D eigenvalue weighted by Gasteiger charge is -2.25. The van der Waals surface area contributed by atoms with Gasteiger partial charge in [-0.3, -0.25) is 4.79 Å². The van der Waals surface area contributed by atoms with E-state index in [4.69, 9.17) is 4.74 Å². The van der Waals surface area contributed by atoms with Crippen LogP contribution in [-0.4, -0.2) is 42.4 Å². The third-order valence-corrected chi connectivity index (χ3v) is 4.54. The number of nitrogens with one attached hydrogen (secondary N) is 1. The SMILES string of the molecule is COc1ccc(C(CNc2nn(C)c(=O)c3ccccc23)N(C)C)cc1. The first kappa shape index (κ1) is 17.9. The van der Waals surface area contributed by atoms with Gasteiger partial charge in [0, 0.05) is 19.0 Å². The molecule has 1 N–H and O–H groups in total. The molecule has 136 valence electrons. The van der Waals surface area contributed by atoms with Crippen LogP contribution in [-0.2, 0) is 7.05 Å². The Morgan fingerprint density at radius 3 is 2.38 bits per heavy atom. The summed E-state index contributed by atoms with van der Waals surface area (Å²) in [6, 6.07) is 15.8. The van der Waals surface area contributed by atoms with Crippen LogP contribution in [0.5, 0.6) is 5.75 Å². The third kappa shape index (κ3) is 3.55. The molecule has 0 spiro atoms. The molecule has 3 rings (SSSR count). The van der Waals surface area contributed by atoms with Crippen molar-refractivity contribution in [3.05, 3.63) is 64.4 Å². The zero-order valence-corrected chi connectivity index (χ0v) is 15.6. The Morgan fingerprint density at radius 2 is 1.77 bits per heavy atom. The van der Waals surface area contributed by atoms with Crippen molar-refractivity contribution in [2.75, 3.05) is 33.1 Å². The van der Waals surface area contributed by atoms with Gasteiger partial charge in [0.25, 0.3) is 5.56 Å². The number of methoxy groups -OCH3 is 1. The number of likely N-dealkylation sites (N-methyl/N-ethyl adjacent to an activating group) is 1. The van der Waals surface area contributed by atoms with E-state index in [0.29, 0.717) is 17.7 Å². The van der Waals surface area contributed by atoms with Crippen molar-refractivity contribution >= 4 is 16.6 Å². The maximum atomic E-state index is 12.3. The summed E-state index contributed by atoms with van der Waals surface area (Å²) in [5.74, 6) is 1.55. The van der Waals surface area contributed by atoms with Gasteiger partial charge in [0.2, 0.25) is 0 Å². The molecule has 3 aromatic rings. The Labute approximate surface area is 153 Å². The molecule has 0 saturated carbocycles. The number of nitrogens with zero attached hydrogens (tertiary/aromatic N) is 3. The quantitative estimate of drug-likeness (QED) is 0.739. The number of hydrogen-bond donors (Lipinski definition) is 1. The van der Waals surface area contributed by atoms with Gasteiger partial charge < -0.3 is 15.0 Å². The summed E-state index contributed by atoms with van der Waals surface area (Å²) < 4.78 is 6.62. The number of aryl methyl sites for hydroxylation is 1. The number of fused-ring (bicyclic) bond motifs is 1.